The van der Waals surface area contributed by atoms with E-state index in [2.05, 4.69) is 15.4 Å². The van der Waals surface area contributed by atoms with Gasteiger partial charge in [0.2, 0.25) is 5.95 Å². The van der Waals surface area contributed by atoms with Gasteiger partial charge in [-0.05, 0) is 38.5 Å². The number of nitrogens with one attached hydrogen (secondary N) is 1. The van der Waals surface area contributed by atoms with Crippen molar-refractivity contribution < 1.29 is 14.3 Å². The van der Waals surface area contributed by atoms with Crippen molar-refractivity contribution in [1.29, 1.82) is 0 Å². The molecule has 0 radical (unpaired) electrons. The molecular formula is C17H20N4O3. The normalized spacial score (nSPS) is 16.6. The first-order valence-corrected chi connectivity index (χ1v) is 7.73. The minimum absolute atomic E-state index is 0.202. The van der Waals surface area contributed by atoms with E-state index < -0.39 is 6.04 Å². The number of carbonyl (C=O) groups excluding carboxylic acids is 1. The highest BCUT2D eigenvalue weighted by Gasteiger charge is 2.34. The Morgan fingerprint density at radius 3 is 2.62 bits per heavy atom. The summed E-state index contributed by atoms with van der Waals surface area (Å²) < 4.78 is 12.3. The summed E-state index contributed by atoms with van der Waals surface area (Å²) in [6, 6.07) is 7.14. The topological polar surface area (TPSA) is 78.3 Å². The first-order valence-electron chi connectivity index (χ1n) is 7.73. The van der Waals surface area contributed by atoms with E-state index in [0.29, 0.717) is 17.2 Å². The summed E-state index contributed by atoms with van der Waals surface area (Å²) in [4.78, 5) is 16.9. The molecule has 126 valence electrons. The molecule has 1 aromatic carbocycles. The molecule has 2 heterocycles. The van der Waals surface area contributed by atoms with E-state index in [1.54, 1.807) is 11.8 Å². The van der Waals surface area contributed by atoms with Gasteiger partial charge in [0.15, 0.2) is 0 Å². The van der Waals surface area contributed by atoms with E-state index in [1.165, 1.54) is 6.33 Å². The second-order valence-electron chi connectivity index (χ2n) is 5.82. The highest BCUT2D eigenvalue weighted by molar-refractivity contribution is 5.92. The molecule has 1 atom stereocenters. The van der Waals surface area contributed by atoms with Gasteiger partial charge in [-0.3, -0.25) is 0 Å². The predicted molar refractivity (Wildman–Crippen MR) is 88.7 cm³/mol. The highest BCUT2D eigenvalue weighted by Crippen LogP contribution is 2.35. The number of rotatable bonds is 4. The van der Waals surface area contributed by atoms with Crippen LogP contribution in [-0.4, -0.2) is 33.9 Å². The Bertz CT molecular complexity index is 777. The van der Waals surface area contributed by atoms with Crippen LogP contribution in [-0.2, 0) is 9.53 Å². The van der Waals surface area contributed by atoms with Crippen LogP contribution in [0.1, 0.15) is 32.4 Å². The number of carbonyl (C=O) groups is 1. The van der Waals surface area contributed by atoms with E-state index in [4.69, 9.17) is 9.47 Å². The molecule has 1 aliphatic heterocycles. The number of fused-ring (bicyclic) bond motifs is 1. The Kier molecular flexibility index (Phi) is 4.24. The molecule has 1 aromatic heterocycles. The van der Waals surface area contributed by atoms with E-state index in [9.17, 15) is 4.79 Å². The Hall–Kier alpha value is -2.83. The lowest BCUT2D eigenvalue weighted by atomic mass is 9.95. The Morgan fingerprint density at radius 1 is 1.29 bits per heavy atom. The maximum atomic E-state index is 12.7. The molecule has 0 saturated heterocycles. The van der Waals surface area contributed by atoms with Crippen molar-refractivity contribution in [1.82, 2.24) is 14.8 Å². The molecule has 7 heteroatoms. The van der Waals surface area contributed by atoms with Crippen molar-refractivity contribution >= 4 is 11.9 Å². The lowest BCUT2D eigenvalue weighted by molar-refractivity contribution is -0.143. The minimum atomic E-state index is -0.402. The molecule has 0 saturated carbocycles. The van der Waals surface area contributed by atoms with Gasteiger partial charge < -0.3 is 14.8 Å². The summed E-state index contributed by atoms with van der Waals surface area (Å²) in [5.41, 5.74) is 2.13. The largest absolute Gasteiger partial charge is 0.497 e. The maximum Gasteiger partial charge on any atom is 0.338 e. The van der Waals surface area contributed by atoms with Crippen LogP contribution < -0.4 is 10.1 Å². The van der Waals surface area contributed by atoms with Crippen LogP contribution in [0, 0.1) is 0 Å². The van der Waals surface area contributed by atoms with Crippen molar-refractivity contribution in [2.75, 3.05) is 12.4 Å². The Balaban J connectivity index is 2.08. The summed E-state index contributed by atoms with van der Waals surface area (Å²) >= 11 is 0. The van der Waals surface area contributed by atoms with Crippen LogP contribution in [0.25, 0.3) is 0 Å². The number of hydrogen-bond donors (Lipinski definition) is 1. The third kappa shape index (κ3) is 2.84. The number of anilines is 1. The van der Waals surface area contributed by atoms with Crippen molar-refractivity contribution in [3.63, 3.8) is 0 Å². The number of ether oxygens (including phenoxy) is 2. The molecule has 0 spiro atoms. The smallest absolute Gasteiger partial charge is 0.338 e. The Morgan fingerprint density at radius 2 is 2.00 bits per heavy atom. The van der Waals surface area contributed by atoms with E-state index in [0.717, 1.165) is 11.3 Å². The van der Waals surface area contributed by atoms with Crippen LogP contribution in [0.15, 0.2) is 41.9 Å². The first-order chi connectivity index (χ1) is 11.5. The average molecular weight is 328 g/mol. The molecule has 24 heavy (non-hydrogen) atoms. The maximum absolute atomic E-state index is 12.7. The monoisotopic (exact) mass is 328 g/mol. The molecule has 2 aromatic rings. The fourth-order valence-corrected chi connectivity index (χ4v) is 2.73. The molecule has 0 aliphatic carbocycles. The van der Waals surface area contributed by atoms with Crippen molar-refractivity contribution in [3.05, 3.63) is 47.4 Å². The molecule has 1 N–H and O–H groups in total. The fourth-order valence-electron chi connectivity index (χ4n) is 2.73. The van der Waals surface area contributed by atoms with Crippen molar-refractivity contribution in [3.8, 4) is 5.75 Å². The van der Waals surface area contributed by atoms with Gasteiger partial charge >= 0.3 is 5.97 Å². The number of methoxy groups -OCH3 is 1. The fraction of sp³-hybridized carbons (Fsp3) is 0.353. The molecule has 0 bridgehead atoms. The number of benzene rings is 1. The SMILES string of the molecule is COc1ccc([C@@H]2C(C(=O)OC(C)C)=C(C)Nc3ncnn32)cc1. The van der Waals surface area contributed by atoms with Gasteiger partial charge in [-0.2, -0.15) is 10.1 Å². The minimum Gasteiger partial charge on any atom is -0.497 e. The van der Waals surface area contributed by atoms with Gasteiger partial charge in [0.25, 0.3) is 0 Å². The van der Waals surface area contributed by atoms with Crippen LogP contribution in [0.3, 0.4) is 0 Å². The quantitative estimate of drug-likeness (QED) is 0.869. The lowest BCUT2D eigenvalue weighted by Crippen LogP contribution is -2.30. The summed E-state index contributed by atoms with van der Waals surface area (Å²) in [7, 11) is 1.62. The molecule has 7 nitrogen and oxygen atoms in total. The summed E-state index contributed by atoms with van der Waals surface area (Å²) in [6.45, 7) is 5.49. The molecule has 3 rings (SSSR count). The third-order valence-corrected chi connectivity index (χ3v) is 3.79. The zero-order chi connectivity index (χ0) is 17.3. The van der Waals surface area contributed by atoms with Crippen molar-refractivity contribution in [2.45, 2.75) is 32.9 Å². The average Bonchev–Trinajstić information content (AvgIpc) is 3.00. The number of hydrogen-bond acceptors (Lipinski definition) is 6. The number of nitrogens with zero attached hydrogens (tertiary/aromatic N) is 3. The standard InChI is InChI=1S/C17H20N4O3/c1-10(2)24-16(22)14-11(3)20-17-18-9-19-21(17)15(14)12-5-7-13(23-4)8-6-12/h5-10,15H,1-4H3,(H,18,19,20)/t15-/m1/s1. The molecule has 1 aliphatic rings. The highest BCUT2D eigenvalue weighted by atomic mass is 16.5. The van der Waals surface area contributed by atoms with Crippen LogP contribution in [0.5, 0.6) is 5.75 Å². The third-order valence-electron chi connectivity index (χ3n) is 3.79. The molecular weight excluding hydrogens is 308 g/mol. The summed E-state index contributed by atoms with van der Waals surface area (Å²) in [5, 5.41) is 7.38. The van der Waals surface area contributed by atoms with E-state index in [-0.39, 0.29) is 12.1 Å². The summed E-state index contributed by atoms with van der Waals surface area (Å²) in [5.74, 6) is 0.977. The predicted octanol–water partition coefficient (Wildman–Crippen LogP) is 2.53. The van der Waals surface area contributed by atoms with Crippen LogP contribution in [0.4, 0.5) is 5.95 Å². The number of esters is 1. The first kappa shape index (κ1) is 16.0. The van der Waals surface area contributed by atoms with E-state index in [1.807, 2.05) is 45.0 Å². The zero-order valence-electron chi connectivity index (χ0n) is 14.1. The van der Waals surface area contributed by atoms with Gasteiger partial charge in [-0.15, -0.1) is 0 Å². The molecule has 0 amide bonds. The van der Waals surface area contributed by atoms with Gasteiger partial charge in [0.1, 0.15) is 18.1 Å². The van der Waals surface area contributed by atoms with E-state index >= 15 is 0 Å². The summed E-state index contributed by atoms with van der Waals surface area (Å²) in [6.07, 6.45) is 1.26. The van der Waals surface area contributed by atoms with Gasteiger partial charge in [-0.25, -0.2) is 9.48 Å². The molecule has 0 fully saturated rings. The van der Waals surface area contributed by atoms with Crippen molar-refractivity contribution in [2.24, 2.45) is 0 Å². The number of allylic oxidation sites excluding steroid dienone is 1. The van der Waals surface area contributed by atoms with Gasteiger partial charge in [-0.1, -0.05) is 12.1 Å². The van der Waals surface area contributed by atoms with Crippen LogP contribution in [0.2, 0.25) is 0 Å². The second-order valence-corrected chi connectivity index (χ2v) is 5.82. The number of aromatic nitrogens is 3. The zero-order valence-corrected chi connectivity index (χ0v) is 14.1. The second kappa shape index (κ2) is 6.35. The van der Waals surface area contributed by atoms with Gasteiger partial charge in [0, 0.05) is 5.70 Å². The lowest BCUT2D eigenvalue weighted by Gasteiger charge is -2.28. The molecule has 0 unspecified atom stereocenters. The van der Waals surface area contributed by atoms with Crippen LogP contribution >= 0.6 is 0 Å². The van der Waals surface area contributed by atoms with Gasteiger partial charge in [0.05, 0.1) is 18.8 Å². The Labute approximate surface area is 140 Å².